The zero-order chi connectivity index (χ0) is 13.9. The average molecular weight is 308 g/mol. The minimum Gasteiger partial charge on any atom is -0.340 e. The Kier molecular flexibility index (Phi) is 3.71. The summed E-state index contributed by atoms with van der Waals surface area (Å²) in [5.74, 6) is 1.78. The van der Waals surface area contributed by atoms with Gasteiger partial charge in [0.15, 0.2) is 11.5 Å². The second kappa shape index (κ2) is 5.64. The highest BCUT2D eigenvalue weighted by Crippen LogP contribution is 2.23. The summed E-state index contributed by atoms with van der Waals surface area (Å²) in [6.45, 7) is 0. The standard InChI is InChI=1S/C13H11Cl2N5/c14-5-4-10-19-12-11(16-7-17-12)13(20-10)18-9-3-1-2-8(15)6-9/h1-3,6-7H,4-5H2,(H2,16,17,18,19,20). The number of nitrogens with zero attached hydrogens (tertiary/aromatic N) is 3. The maximum absolute atomic E-state index is 5.98. The average Bonchev–Trinajstić information content (AvgIpc) is 2.87. The SMILES string of the molecule is ClCCc1nc(Nc2cccc(Cl)c2)c2[nH]cnc2n1. The number of hydrogen-bond donors (Lipinski definition) is 2. The third-order valence-electron chi connectivity index (χ3n) is 2.74. The van der Waals surface area contributed by atoms with Gasteiger partial charge in [0, 0.05) is 23.0 Å². The Morgan fingerprint density at radius 1 is 1.25 bits per heavy atom. The van der Waals surface area contributed by atoms with Crippen molar-refractivity contribution in [1.29, 1.82) is 0 Å². The number of halogens is 2. The lowest BCUT2D eigenvalue weighted by Gasteiger charge is -2.08. The lowest BCUT2D eigenvalue weighted by molar-refractivity contribution is 0.964. The van der Waals surface area contributed by atoms with Gasteiger partial charge < -0.3 is 10.3 Å². The fourth-order valence-electron chi connectivity index (χ4n) is 1.87. The fraction of sp³-hybridized carbons (Fsp3) is 0.154. The summed E-state index contributed by atoms with van der Waals surface area (Å²) in [4.78, 5) is 16.0. The molecule has 2 N–H and O–H groups in total. The van der Waals surface area contributed by atoms with Crippen LogP contribution in [0.5, 0.6) is 0 Å². The summed E-state index contributed by atoms with van der Waals surface area (Å²) in [5.41, 5.74) is 2.22. The second-order valence-corrected chi connectivity index (χ2v) is 4.98. The number of aryl methyl sites for hydroxylation is 1. The van der Waals surface area contributed by atoms with Crippen LogP contribution in [0.4, 0.5) is 11.5 Å². The number of aromatic nitrogens is 4. The highest BCUT2D eigenvalue weighted by molar-refractivity contribution is 6.30. The number of hydrogen-bond acceptors (Lipinski definition) is 4. The summed E-state index contributed by atoms with van der Waals surface area (Å²) in [6.07, 6.45) is 2.18. The quantitative estimate of drug-likeness (QED) is 0.724. The maximum Gasteiger partial charge on any atom is 0.183 e. The van der Waals surface area contributed by atoms with Crippen molar-refractivity contribution in [2.24, 2.45) is 0 Å². The summed E-state index contributed by atoms with van der Waals surface area (Å²) >= 11 is 11.7. The van der Waals surface area contributed by atoms with Crippen LogP contribution in [-0.2, 0) is 6.42 Å². The van der Waals surface area contributed by atoms with Crippen molar-refractivity contribution in [3.63, 3.8) is 0 Å². The van der Waals surface area contributed by atoms with Crippen molar-refractivity contribution < 1.29 is 0 Å². The molecule has 3 rings (SSSR count). The van der Waals surface area contributed by atoms with Gasteiger partial charge >= 0.3 is 0 Å². The molecule has 0 spiro atoms. The Bertz CT molecular complexity index is 740. The first-order valence-electron chi connectivity index (χ1n) is 6.05. The van der Waals surface area contributed by atoms with E-state index in [2.05, 4.69) is 25.3 Å². The molecule has 0 aliphatic rings. The van der Waals surface area contributed by atoms with Gasteiger partial charge in [-0.3, -0.25) is 0 Å². The van der Waals surface area contributed by atoms with Crippen LogP contribution in [0.25, 0.3) is 11.2 Å². The first kappa shape index (κ1) is 13.1. The van der Waals surface area contributed by atoms with Crippen LogP contribution in [0.1, 0.15) is 5.82 Å². The molecule has 5 nitrogen and oxygen atoms in total. The van der Waals surface area contributed by atoms with Crippen LogP contribution in [0.2, 0.25) is 5.02 Å². The van der Waals surface area contributed by atoms with Crippen LogP contribution in [0.15, 0.2) is 30.6 Å². The van der Waals surface area contributed by atoms with E-state index in [1.165, 1.54) is 0 Å². The van der Waals surface area contributed by atoms with Crippen molar-refractivity contribution in [2.45, 2.75) is 6.42 Å². The maximum atomic E-state index is 5.98. The third-order valence-corrected chi connectivity index (χ3v) is 3.16. The Morgan fingerprint density at radius 2 is 2.15 bits per heavy atom. The minimum atomic E-state index is 0.465. The molecule has 102 valence electrons. The Morgan fingerprint density at radius 3 is 2.95 bits per heavy atom. The highest BCUT2D eigenvalue weighted by atomic mass is 35.5. The molecule has 0 saturated carbocycles. The van der Waals surface area contributed by atoms with E-state index < -0.39 is 0 Å². The number of imidazole rings is 1. The molecule has 2 heterocycles. The predicted molar refractivity (Wildman–Crippen MR) is 80.8 cm³/mol. The van der Waals surface area contributed by atoms with Gasteiger partial charge in [0.05, 0.1) is 6.33 Å². The van der Waals surface area contributed by atoms with Gasteiger partial charge in [0.2, 0.25) is 0 Å². The van der Waals surface area contributed by atoms with E-state index in [1.54, 1.807) is 6.33 Å². The Labute approximate surface area is 125 Å². The number of fused-ring (bicyclic) bond motifs is 1. The number of anilines is 2. The van der Waals surface area contributed by atoms with Crippen LogP contribution in [-0.4, -0.2) is 25.8 Å². The largest absolute Gasteiger partial charge is 0.340 e. The fourth-order valence-corrected chi connectivity index (χ4v) is 2.23. The zero-order valence-corrected chi connectivity index (χ0v) is 11.9. The van der Waals surface area contributed by atoms with Crippen molar-refractivity contribution in [1.82, 2.24) is 19.9 Å². The minimum absolute atomic E-state index is 0.465. The van der Waals surface area contributed by atoms with Crippen LogP contribution in [0.3, 0.4) is 0 Å². The molecule has 1 aromatic carbocycles. The number of nitrogens with one attached hydrogen (secondary N) is 2. The summed E-state index contributed by atoms with van der Waals surface area (Å²) in [7, 11) is 0. The molecular weight excluding hydrogens is 297 g/mol. The Balaban J connectivity index is 2.02. The number of aromatic amines is 1. The van der Waals surface area contributed by atoms with Crippen LogP contribution in [0, 0.1) is 0 Å². The van der Waals surface area contributed by atoms with E-state index in [-0.39, 0.29) is 0 Å². The summed E-state index contributed by atoms with van der Waals surface area (Å²) in [6, 6.07) is 7.43. The van der Waals surface area contributed by atoms with Gasteiger partial charge in [0.1, 0.15) is 11.3 Å². The molecule has 3 aromatic rings. The van der Waals surface area contributed by atoms with E-state index in [4.69, 9.17) is 23.2 Å². The van der Waals surface area contributed by atoms with Crippen LogP contribution >= 0.6 is 23.2 Å². The topological polar surface area (TPSA) is 66.5 Å². The molecule has 0 radical (unpaired) electrons. The molecule has 0 aliphatic heterocycles. The lowest BCUT2D eigenvalue weighted by Crippen LogP contribution is -2.02. The lowest BCUT2D eigenvalue weighted by atomic mass is 10.3. The molecule has 0 bridgehead atoms. The van der Waals surface area contributed by atoms with E-state index in [0.717, 1.165) is 11.2 Å². The highest BCUT2D eigenvalue weighted by Gasteiger charge is 2.10. The molecular formula is C13H11Cl2N5. The molecule has 0 atom stereocenters. The number of H-pyrrole nitrogens is 1. The third kappa shape index (κ3) is 2.69. The van der Waals surface area contributed by atoms with Gasteiger partial charge in [-0.05, 0) is 18.2 Å². The molecule has 0 unspecified atom stereocenters. The van der Waals surface area contributed by atoms with Gasteiger partial charge in [-0.2, -0.15) is 0 Å². The van der Waals surface area contributed by atoms with Crippen molar-refractivity contribution in [3.05, 3.63) is 41.4 Å². The second-order valence-electron chi connectivity index (χ2n) is 4.16. The van der Waals surface area contributed by atoms with E-state index in [9.17, 15) is 0 Å². The normalized spacial score (nSPS) is 10.9. The summed E-state index contributed by atoms with van der Waals surface area (Å²) < 4.78 is 0. The van der Waals surface area contributed by atoms with E-state index >= 15 is 0 Å². The molecule has 2 aromatic heterocycles. The molecule has 0 aliphatic carbocycles. The first-order valence-corrected chi connectivity index (χ1v) is 6.96. The first-order chi connectivity index (χ1) is 9.76. The molecule has 7 heteroatoms. The molecule has 0 amide bonds. The van der Waals surface area contributed by atoms with Crippen molar-refractivity contribution in [2.75, 3.05) is 11.2 Å². The van der Waals surface area contributed by atoms with Crippen LogP contribution < -0.4 is 5.32 Å². The van der Waals surface area contributed by atoms with Gasteiger partial charge in [-0.1, -0.05) is 17.7 Å². The number of alkyl halides is 1. The molecule has 0 saturated heterocycles. The Hall–Kier alpha value is -1.85. The van der Waals surface area contributed by atoms with Crippen molar-refractivity contribution in [3.8, 4) is 0 Å². The molecule has 0 fully saturated rings. The van der Waals surface area contributed by atoms with E-state index in [1.807, 2.05) is 24.3 Å². The van der Waals surface area contributed by atoms with Gasteiger partial charge in [-0.15, -0.1) is 11.6 Å². The monoisotopic (exact) mass is 307 g/mol. The van der Waals surface area contributed by atoms with E-state index in [0.29, 0.717) is 34.6 Å². The predicted octanol–water partition coefficient (Wildman–Crippen LogP) is 3.53. The van der Waals surface area contributed by atoms with Gasteiger partial charge in [0.25, 0.3) is 0 Å². The van der Waals surface area contributed by atoms with Crippen molar-refractivity contribution >= 4 is 45.9 Å². The zero-order valence-electron chi connectivity index (χ0n) is 10.4. The number of benzene rings is 1. The molecule has 20 heavy (non-hydrogen) atoms. The summed E-state index contributed by atoms with van der Waals surface area (Å²) in [5, 5.41) is 3.88. The van der Waals surface area contributed by atoms with Gasteiger partial charge in [-0.25, -0.2) is 15.0 Å². The number of rotatable bonds is 4. The smallest absolute Gasteiger partial charge is 0.183 e.